The van der Waals surface area contributed by atoms with Crippen molar-refractivity contribution >= 4 is 11.6 Å². The summed E-state index contributed by atoms with van der Waals surface area (Å²) in [5.41, 5.74) is 2.56. The maximum atomic E-state index is 11.9. The lowest BCUT2D eigenvalue weighted by molar-refractivity contribution is 0.0827. The van der Waals surface area contributed by atoms with Gasteiger partial charge < -0.3 is 10.2 Å². The van der Waals surface area contributed by atoms with E-state index in [0.717, 1.165) is 11.4 Å². The van der Waals surface area contributed by atoms with Gasteiger partial charge in [0.25, 0.3) is 5.91 Å². The minimum atomic E-state index is 0.00138. The van der Waals surface area contributed by atoms with E-state index in [-0.39, 0.29) is 5.91 Å². The van der Waals surface area contributed by atoms with E-state index in [1.54, 1.807) is 25.2 Å². The highest BCUT2D eigenvalue weighted by molar-refractivity contribution is 5.94. The van der Waals surface area contributed by atoms with Crippen molar-refractivity contribution in [2.45, 2.75) is 6.54 Å². The Morgan fingerprint density at radius 2 is 2.05 bits per heavy atom. The summed E-state index contributed by atoms with van der Waals surface area (Å²) in [7, 11) is 3.49. The summed E-state index contributed by atoms with van der Waals surface area (Å²) in [5, 5.41) is 3.26. The third kappa shape index (κ3) is 3.55. The number of benzene rings is 1. The summed E-state index contributed by atoms with van der Waals surface area (Å²) in [6.45, 7) is 0.639. The van der Waals surface area contributed by atoms with E-state index in [9.17, 15) is 4.79 Å². The van der Waals surface area contributed by atoms with Crippen LogP contribution in [0.5, 0.6) is 0 Å². The zero-order valence-electron chi connectivity index (χ0n) is 11.1. The number of aromatic nitrogens is 1. The van der Waals surface area contributed by atoms with Crippen LogP contribution in [0.3, 0.4) is 0 Å². The topological polar surface area (TPSA) is 45.2 Å². The van der Waals surface area contributed by atoms with Crippen LogP contribution in [0.15, 0.2) is 48.7 Å². The molecule has 4 nitrogen and oxygen atoms in total. The van der Waals surface area contributed by atoms with Crippen molar-refractivity contribution in [3.63, 3.8) is 0 Å². The lowest BCUT2D eigenvalue weighted by Crippen LogP contribution is -2.21. The van der Waals surface area contributed by atoms with Gasteiger partial charge in [0.15, 0.2) is 0 Å². The Kier molecular flexibility index (Phi) is 4.13. The summed E-state index contributed by atoms with van der Waals surface area (Å²) in [6.07, 6.45) is 1.77. The number of hydrogen-bond donors (Lipinski definition) is 1. The van der Waals surface area contributed by atoms with Crippen LogP contribution in [0.1, 0.15) is 16.1 Å². The first-order valence-electron chi connectivity index (χ1n) is 6.12. The van der Waals surface area contributed by atoms with Gasteiger partial charge in [-0.05, 0) is 30.3 Å². The Hall–Kier alpha value is -2.36. The van der Waals surface area contributed by atoms with Crippen LogP contribution < -0.4 is 5.32 Å². The molecule has 1 amide bonds. The van der Waals surface area contributed by atoms with Gasteiger partial charge in [0.05, 0.1) is 12.2 Å². The first-order chi connectivity index (χ1) is 9.16. The predicted molar refractivity (Wildman–Crippen MR) is 76.0 cm³/mol. The Morgan fingerprint density at radius 1 is 1.21 bits per heavy atom. The Morgan fingerprint density at radius 3 is 2.74 bits per heavy atom. The number of pyridine rings is 1. The fourth-order valence-electron chi connectivity index (χ4n) is 1.72. The molecule has 1 aromatic carbocycles. The van der Waals surface area contributed by atoms with Gasteiger partial charge in [0.1, 0.15) is 0 Å². The molecule has 0 unspecified atom stereocenters. The van der Waals surface area contributed by atoms with Crippen molar-refractivity contribution in [2.24, 2.45) is 0 Å². The number of carbonyl (C=O) groups excluding carboxylic acids is 1. The van der Waals surface area contributed by atoms with Crippen molar-refractivity contribution in [2.75, 3.05) is 19.4 Å². The van der Waals surface area contributed by atoms with Crippen molar-refractivity contribution in [1.29, 1.82) is 0 Å². The van der Waals surface area contributed by atoms with Crippen molar-refractivity contribution in [3.8, 4) is 0 Å². The molecule has 0 aliphatic heterocycles. The van der Waals surface area contributed by atoms with Crippen molar-refractivity contribution < 1.29 is 4.79 Å². The van der Waals surface area contributed by atoms with E-state index >= 15 is 0 Å². The predicted octanol–water partition coefficient (Wildman–Crippen LogP) is 2.40. The van der Waals surface area contributed by atoms with Gasteiger partial charge in [0.2, 0.25) is 0 Å². The van der Waals surface area contributed by atoms with Gasteiger partial charge in [-0.25, -0.2) is 0 Å². The molecule has 1 aromatic heterocycles. The van der Waals surface area contributed by atoms with Crippen LogP contribution in [0.25, 0.3) is 0 Å². The lowest BCUT2D eigenvalue weighted by atomic mass is 10.2. The van der Waals surface area contributed by atoms with E-state index in [4.69, 9.17) is 0 Å². The minimum Gasteiger partial charge on any atom is -0.379 e. The molecule has 0 fully saturated rings. The zero-order valence-corrected chi connectivity index (χ0v) is 11.1. The Bertz CT molecular complexity index is 552. The molecule has 2 aromatic rings. The van der Waals surface area contributed by atoms with Crippen molar-refractivity contribution in [1.82, 2.24) is 9.88 Å². The Balaban J connectivity index is 2.05. The number of rotatable bonds is 4. The molecule has 19 heavy (non-hydrogen) atoms. The quantitative estimate of drug-likeness (QED) is 0.912. The number of nitrogens with one attached hydrogen (secondary N) is 1. The summed E-state index contributed by atoms with van der Waals surface area (Å²) in [4.78, 5) is 17.7. The fourth-order valence-corrected chi connectivity index (χ4v) is 1.72. The lowest BCUT2D eigenvalue weighted by Gasteiger charge is -2.12. The average molecular weight is 255 g/mol. The fraction of sp³-hybridized carbons (Fsp3) is 0.200. The second-order valence-corrected chi connectivity index (χ2v) is 4.46. The summed E-state index contributed by atoms with van der Waals surface area (Å²) in [6, 6.07) is 13.3. The van der Waals surface area contributed by atoms with E-state index in [0.29, 0.717) is 12.1 Å². The highest BCUT2D eigenvalue weighted by Crippen LogP contribution is 2.12. The minimum absolute atomic E-state index is 0.00138. The number of anilines is 1. The molecule has 0 aliphatic carbocycles. The second-order valence-electron chi connectivity index (χ2n) is 4.46. The number of nitrogens with zero attached hydrogens (tertiary/aromatic N) is 2. The maximum absolute atomic E-state index is 11.9. The SMILES string of the molecule is CN(C)C(=O)c1cccc(NCc2ccccn2)c1. The molecular weight excluding hydrogens is 238 g/mol. The molecule has 0 saturated heterocycles. The van der Waals surface area contributed by atoms with Crippen LogP contribution in [-0.2, 0) is 6.54 Å². The molecule has 1 N–H and O–H groups in total. The highest BCUT2D eigenvalue weighted by atomic mass is 16.2. The summed E-state index contributed by atoms with van der Waals surface area (Å²) < 4.78 is 0. The second kappa shape index (κ2) is 6.00. The molecule has 1 heterocycles. The molecule has 0 radical (unpaired) electrons. The molecule has 0 saturated carbocycles. The first kappa shape index (κ1) is 13.1. The normalized spacial score (nSPS) is 10.0. The summed E-state index contributed by atoms with van der Waals surface area (Å²) >= 11 is 0. The zero-order chi connectivity index (χ0) is 13.7. The first-order valence-corrected chi connectivity index (χ1v) is 6.12. The number of amides is 1. The van der Waals surface area contributed by atoms with E-state index in [2.05, 4.69) is 10.3 Å². The van der Waals surface area contributed by atoms with Crippen LogP contribution in [-0.4, -0.2) is 29.9 Å². The molecule has 0 spiro atoms. The van der Waals surface area contributed by atoms with Crippen LogP contribution in [0.2, 0.25) is 0 Å². The van der Waals surface area contributed by atoms with Gasteiger partial charge in [-0.3, -0.25) is 9.78 Å². The third-order valence-corrected chi connectivity index (χ3v) is 2.72. The monoisotopic (exact) mass is 255 g/mol. The number of hydrogen-bond acceptors (Lipinski definition) is 3. The third-order valence-electron chi connectivity index (χ3n) is 2.72. The van der Waals surface area contributed by atoms with Crippen molar-refractivity contribution in [3.05, 3.63) is 59.9 Å². The molecular formula is C15H17N3O. The molecule has 2 rings (SSSR count). The van der Waals surface area contributed by atoms with Gasteiger partial charge in [-0.1, -0.05) is 12.1 Å². The van der Waals surface area contributed by atoms with Crippen LogP contribution in [0, 0.1) is 0 Å². The van der Waals surface area contributed by atoms with Gasteiger partial charge >= 0.3 is 0 Å². The maximum Gasteiger partial charge on any atom is 0.253 e. The van der Waals surface area contributed by atoms with Gasteiger partial charge in [-0.15, -0.1) is 0 Å². The van der Waals surface area contributed by atoms with Gasteiger partial charge in [-0.2, -0.15) is 0 Å². The largest absolute Gasteiger partial charge is 0.379 e. The highest BCUT2D eigenvalue weighted by Gasteiger charge is 2.07. The molecule has 0 atom stereocenters. The average Bonchev–Trinajstić information content (AvgIpc) is 2.45. The Labute approximate surface area is 113 Å². The van der Waals surface area contributed by atoms with E-state index in [1.165, 1.54) is 0 Å². The smallest absolute Gasteiger partial charge is 0.253 e. The summed E-state index contributed by atoms with van der Waals surface area (Å²) in [5.74, 6) is 0.00138. The van der Waals surface area contributed by atoms with Crippen LogP contribution >= 0.6 is 0 Å². The number of carbonyl (C=O) groups is 1. The molecule has 0 aliphatic rings. The molecule has 0 bridgehead atoms. The van der Waals surface area contributed by atoms with E-state index in [1.807, 2.05) is 42.5 Å². The standard InChI is InChI=1S/C15H17N3O/c1-18(2)15(19)12-6-5-8-13(10-12)17-11-14-7-3-4-9-16-14/h3-10,17H,11H2,1-2H3. The molecule has 98 valence electrons. The van der Waals surface area contributed by atoms with E-state index < -0.39 is 0 Å². The van der Waals surface area contributed by atoms with Crippen LogP contribution in [0.4, 0.5) is 5.69 Å². The van der Waals surface area contributed by atoms with Gasteiger partial charge in [0, 0.05) is 31.5 Å². The molecule has 4 heteroatoms.